The summed E-state index contributed by atoms with van der Waals surface area (Å²) in [7, 11) is 0. The van der Waals surface area contributed by atoms with Gasteiger partial charge in [0.15, 0.2) is 12.5 Å². The Bertz CT molecular complexity index is 75.5. The molecule has 0 aliphatic rings. The van der Waals surface area contributed by atoms with E-state index in [2.05, 4.69) is 5.32 Å². The zero-order valence-electron chi connectivity index (χ0n) is 3.63. The monoisotopic (exact) mass is 102 g/mol. The molecule has 0 aromatic carbocycles. The minimum atomic E-state index is -1.43. The summed E-state index contributed by atoms with van der Waals surface area (Å²) in [4.78, 5) is 0. The van der Waals surface area contributed by atoms with Gasteiger partial charge in [-0.15, -0.1) is 0 Å². The number of rotatable bonds is 2. The van der Waals surface area contributed by atoms with Crippen LogP contribution in [-0.4, -0.2) is 23.0 Å². The molecule has 0 spiro atoms. The molecule has 4 nitrogen and oxygen atoms in total. The average molecular weight is 102 g/mol. The van der Waals surface area contributed by atoms with Crippen LogP contribution < -0.4 is 5.32 Å². The highest BCUT2D eigenvalue weighted by atomic mass is 16.5. The van der Waals surface area contributed by atoms with E-state index in [-0.39, 0.29) is 6.54 Å². The lowest BCUT2D eigenvalue weighted by atomic mass is 10.6. The standard InChI is InChI=1S/C3H6N2O2/c4-2-5-1-3(6)7/h3,5-7H,1H2. The van der Waals surface area contributed by atoms with Crippen molar-refractivity contribution in [1.29, 1.82) is 5.26 Å². The Morgan fingerprint density at radius 3 is 2.43 bits per heavy atom. The molecule has 4 heteroatoms. The van der Waals surface area contributed by atoms with Crippen LogP contribution in [0.5, 0.6) is 0 Å². The van der Waals surface area contributed by atoms with Crippen molar-refractivity contribution in [3.63, 3.8) is 0 Å². The maximum absolute atomic E-state index is 8.03. The Balaban J connectivity index is 2.86. The van der Waals surface area contributed by atoms with Crippen molar-refractivity contribution in [3.05, 3.63) is 0 Å². The minimum absolute atomic E-state index is 0.101. The van der Waals surface area contributed by atoms with Crippen LogP contribution in [0, 0.1) is 11.5 Å². The first-order chi connectivity index (χ1) is 3.27. The molecule has 0 aromatic rings. The molecule has 0 atom stereocenters. The fourth-order valence-corrected chi connectivity index (χ4v) is 0.137. The zero-order chi connectivity index (χ0) is 5.70. The van der Waals surface area contributed by atoms with E-state index in [1.165, 1.54) is 6.19 Å². The molecule has 0 bridgehead atoms. The van der Waals surface area contributed by atoms with Gasteiger partial charge in [-0.1, -0.05) is 0 Å². The van der Waals surface area contributed by atoms with E-state index in [9.17, 15) is 0 Å². The first-order valence-electron chi connectivity index (χ1n) is 1.75. The van der Waals surface area contributed by atoms with Crippen LogP contribution in [-0.2, 0) is 0 Å². The Labute approximate surface area is 41.0 Å². The zero-order valence-corrected chi connectivity index (χ0v) is 3.63. The summed E-state index contributed by atoms with van der Waals surface area (Å²) in [6.45, 7) is -0.101. The van der Waals surface area contributed by atoms with Crippen molar-refractivity contribution in [2.75, 3.05) is 6.54 Å². The van der Waals surface area contributed by atoms with Gasteiger partial charge in [-0.3, -0.25) is 0 Å². The maximum atomic E-state index is 8.03. The smallest absolute Gasteiger partial charge is 0.176 e. The molecule has 3 N–H and O–H groups in total. The lowest BCUT2D eigenvalue weighted by molar-refractivity contribution is -0.0346. The Morgan fingerprint density at radius 1 is 1.71 bits per heavy atom. The van der Waals surface area contributed by atoms with Crippen molar-refractivity contribution >= 4 is 0 Å². The van der Waals surface area contributed by atoms with Gasteiger partial charge in [0.2, 0.25) is 0 Å². The second kappa shape index (κ2) is 3.40. The molecular formula is C3H6N2O2. The second-order valence-electron chi connectivity index (χ2n) is 0.973. The van der Waals surface area contributed by atoms with Gasteiger partial charge in [-0.25, -0.2) is 0 Å². The van der Waals surface area contributed by atoms with Gasteiger partial charge in [0, 0.05) is 0 Å². The molecule has 7 heavy (non-hydrogen) atoms. The van der Waals surface area contributed by atoms with Gasteiger partial charge >= 0.3 is 0 Å². The largest absolute Gasteiger partial charge is 0.367 e. The molecule has 0 fully saturated rings. The third kappa shape index (κ3) is 5.21. The lowest BCUT2D eigenvalue weighted by Gasteiger charge is -1.96. The summed E-state index contributed by atoms with van der Waals surface area (Å²) in [5, 5.41) is 25.8. The molecule has 0 heterocycles. The SMILES string of the molecule is N#CNCC(O)O. The van der Waals surface area contributed by atoms with Gasteiger partial charge in [0.25, 0.3) is 0 Å². The predicted molar refractivity (Wildman–Crippen MR) is 21.8 cm³/mol. The van der Waals surface area contributed by atoms with Gasteiger partial charge in [-0.05, 0) is 0 Å². The summed E-state index contributed by atoms with van der Waals surface area (Å²) in [6.07, 6.45) is 0.0981. The van der Waals surface area contributed by atoms with Crippen molar-refractivity contribution in [1.82, 2.24) is 5.32 Å². The molecule has 0 radical (unpaired) electrons. The van der Waals surface area contributed by atoms with Crippen molar-refractivity contribution in [2.24, 2.45) is 0 Å². The molecule has 0 aliphatic carbocycles. The van der Waals surface area contributed by atoms with E-state index < -0.39 is 6.29 Å². The van der Waals surface area contributed by atoms with E-state index in [1.54, 1.807) is 0 Å². The molecule has 0 aromatic heterocycles. The molecule has 0 amide bonds. The molecule has 0 saturated carbocycles. The maximum Gasteiger partial charge on any atom is 0.176 e. The highest BCUT2D eigenvalue weighted by Crippen LogP contribution is 1.64. The van der Waals surface area contributed by atoms with Crippen molar-refractivity contribution < 1.29 is 10.2 Å². The summed E-state index contributed by atoms with van der Waals surface area (Å²) >= 11 is 0. The summed E-state index contributed by atoms with van der Waals surface area (Å²) in [5.41, 5.74) is 0. The molecule has 0 unspecified atom stereocenters. The highest BCUT2D eigenvalue weighted by molar-refractivity contribution is 4.63. The van der Waals surface area contributed by atoms with Gasteiger partial charge < -0.3 is 15.5 Å². The van der Waals surface area contributed by atoms with Crippen LogP contribution in [0.3, 0.4) is 0 Å². The van der Waals surface area contributed by atoms with Crippen molar-refractivity contribution in [3.8, 4) is 6.19 Å². The van der Waals surface area contributed by atoms with E-state index in [1.807, 2.05) is 0 Å². The number of nitrogens with zero attached hydrogens (tertiary/aromatic N) is 1. The molecule has 0 aliphatic heterocycles. The second-order valence-corrected chi connectivity index (χ2v) is 0.973. The van der Waals surface area contributed by atoms with E-state index in [0.29, 0.717) is 0 Å². The van der Waals surface area contributed by atoms with Crippen LogP contribution in [0.1, 0.15) is 0 Å². The van der Waals surface area contributed by atoms with Crippen LogP contribution >= 0.6 is 0 Å². The molecule has 0 saturated heterocycles. The van der Waals surface area contributed by atoms with Crippen LogP contribution in [0.15, 0.2) is 0 Å². The Kier molecular flexibility index (Phi) is 3.02. The number of aliphatic hydroxyl groups is 2. The fourth-order valence-electron chi connectivity index (χ4n) is 0.137. The Hall–Kier alpha value is -0.790. The first kappa shape index (κ1) is 6.21. The van der Waals surface area contributed by atoms with Gasteiger partial charge in [0.05, 0.1) is 6.54 Å². The Morgan fingerprint density at radius 2 is 2.29 bits per heavy atom. The predicted octanol–water partition coefficient (Wildman–Crippen LogP) is -1.63. The van der Waals surface area contributed by atoms with Gasteiger partial charge in [0.1, 0.15) is 0 Å². The third-order valence-corrected chi connectivity index (χ3v) is 0.364. The highest BCUT2D eigenvalue weighted by Gasteiger charge is 1.90. The number of hydrogen-bond acceptors (Lipinski definition) is 4. The fraction of sp³-hybridized carbons (Fsp3) is 0.667. The number of nitrogens with one attached hydrogen (secondary N) is 1. The summed E-state index contributed by atoms with van der Waals surface area (Å²) in [5.74, 6) is 0. The molecule has 40 valence electrons. The summed E-state index contributed by atoms with van der Waals surface area (Å²) in [6, 6.07) is 0. The number of aliphatic hydroxyl groups excluding tert-OH is 1. The average Bonchev–Trinajstić information content (AvgIpc) is 1.61. The van der Waals surface area contributed by atoms with Crippen LogP contribution in [0.4, 0.5) is 0 Å². The lowest BCUT2D eigenvalue weighted by Crippen LogP contribution is -2.21. The quantitative estimate of drug-likeness (QED) is 0.222. The van der Waals surface area contributed by atoms with E-state index in [0.717, 1.165) is 0 Å². The topological polar surface area (TPSA) is 76.3 Å². The normalized spacial score (nSPS) is 8.29. The molecule has 0 rings (SSSR count). The van der Waals surface area contributed by atoms with Gasteiger partial charge in [-0.2, -0.15) is 5.26 Å². The number of hydrogen-bond donors (Lipinski definition) is 3. The number of nitriles is 1. The summed E-state index contributed by atoms with van der Waals surface area (Å²) < 4.78 is 0. The van der Waals surface area contributed by atoms with Crippen LogP contribution in [0.25, 0.3) is 0 Å². The van der Waals surface area contributed by atoms with E-state index >= 15 is 0 Å². The van der Waals surface area contributed by atoms with Crippen molar-refractivity contribution in [2.45, 2.75) is 6.29 Å². The van der Waals surface area contributed by atoms with Crippen LogP contribution in [0.2, 0.25) is 0 Å². The first-order valence-corrected chi connectivity index (χ1v) is 1.75. The van der Waals surface area contributed by atoms with E-state index in [4.69, 9.17) is 15.5 Å². The molecular weight excluding hydrogens is 96.0 g/mol. The third-order valence-electron chi connectivity index (χ3n) is 0.364. The minimum Gasteiger partial charge on any atom is -0.367 e.